The van der Waals surface area contributed by atoms with Crippen LogP contribution in [-0.4, -0.2) is 51.6 Å². The van der Waals surface area contributed by atoms with Crippen molar-refractivity contribution in [3.8, 4) is 5.75 Å². The van der Waals surface area contributed by atoms with E-state index in [2.05, 4.69) is 15.7 Å². The highest BCUT2D eigenvalue weighted by Gasteiger charge is 2.46. The zero-order valence-corrected chi connectivity index (χ0v) is 20.4. The van der Waals surface area contributed by atoms with Gasteiger partial charge < -0.3 is 20.3 Å². The number of hydrogen-bond acceptors (Lipinski definition) is 5. The van der Waals surface area contributed by atoms with Crippen molar-refractivity contribution >= 4 is 17.7 Å². The normalized spacial score (nSPS) is 16.9. The number of carbonyl (C=O) groups is 3. The van der Waals surface area contributed by atoms with Crippen LogP contribution >= 0.6 is 0 Å². The van der Waals surface area contributed by atoms with Crippen molar-refractivity contribution in [1.82, 2.24) is 25.3 Å². The third-order valence-corrected chi connectivity index (χ3v) is 6.30. The zero-order chi connectivity index (χ0) is 25.9. The van der Waals surface area contributed by atoms with Gasteiger partial charge in [-0.25, -0.2) is 4.39 Å². The van der Waals surface area contributed by atoms with Crippen molar-refractivity contribution in [2.75, 3.05) is 13.7 Å². The van der Waals surface area contributed by atoms with Gasteiger partial charge in [-0.3, -0.25) is 19.1 Å². The van der Waals surface area contributed by atoms with Crippen molar-refractivity contribution < 1.29 is 23.5 Å². The topological polar surface area (TPSA) is 106 Å². The monoisotopic (exact) mass is 493 g/mol. The first kappa shape index (κ1) is 24.9. The third kappa shape index (κ3) is 4.93. The maximum atomic E-state index is 13.1. The standard InChI is InChI=1S/C26H28FN5O4/c1-4-36-22-8-6-5-7-18(22)15-28-23(33)20-13-21-24(34)31(3)26(2,16-32(21)30-20)25(35)29-14-17-9-11-19(27)12-10-17/h5-13H,4,14-16H2,1-3H3,(H,28,33)(H,29,35). The quantitative estimate of drug-likeness (QED) is 0.502. The van der Waals surface area contributed by atoms with E-state index < -0.39 is 17.4 Å². The molecular formula is C26H28FN5O4. The molecule has 0 saturated carbocycles. The summed E-state index contributed by atoms with van der Waals surface area (Å²) in [6.07, 6.45) is 0. The van der Waals surface area contributed by atoms with Crippen LogP contribution in [0.1, 0.15) is 46.0 Å². The number of rotatable bonds is 8. The van der Waals surface area contributed by atoms with Gasteiger partial charge >= 0.3 is 0 Å². The molecule has 2 N–H and O–H groups in total. The maximum absolute atomic E-state index is 13.1. The number of fused-ring (bicyclic) bond motifs is 1. The van der Waals surface area contributed by atoms with Crippen molar-refractivity contribution in [2.24, 2.45) is 0 Å². The lowest BCUT2D eigenvalue weighted by Gasteiger charge is -2.40. The Bertz CT molecular complexity index is 1290. The molecule has 1 aliphatic heterocycles. The lowest BCUT2D eigenvalue weighted by molar-refractivity contribution is -0.132. The summed E-state index contributed by atoms with van der Waals surface area (Å²) in [4.78, 5) is 40.3. The van der Waals surface area contributed by atoms with Crippen LogP contribution in [0.25, 0.3) is 0 Å². The summed E-state index contributed by atoms with van der Waals surface area (Å²) in [6, 6.07) is 14.6. The van der Waals surface area contributed by atoms with Gasteiger partial charge in [0, 0.05) is 31.8 Å². The highest BCUT2D eigenvalue weighted by atomic mass is 19.1. The number of aromatic nitrogens is 2. The van der Waals surface area contributed by atoms with E-state index in [4.69, 9.17) is 4.74 Å². The summed E-state index contributed by atoms with van der Waals surface area (Å²) in [5.41, 5.74) is 0.610. The van der Waals surface area contributed by atoms with Crippen LogP contribution in [0, 0.1) is 5.82 Å². The van der Waals surface area contributed by atoms with Crippen LogP contribution in [0.15, 0.2) is 54.6 Å². The van der Waals surface area contributed by atoms with Gasteiger partial charge in [-0.1, -0.05) is 30.3 Å². The summed E-state index contributed by atoms with van der Waals surface area (Å²) < 4.78 is 20.1. The Labute approximate surface area is 208 Å². The van der Waals surface area contributed by atoms with Crippen molar-refractivity contribution in [2.45, 2.75) is 39.0 Å². The summed E-state index contributed by atoms with van der Waals surface area (Å²) in [5, 5.41) is 9.93. The van der Waals surface area contributed by atoms with Gasteiger partial charge in [0.1, 0.15) is 22.8 Å². The van der Waals surface area contributed by atoms with Gasteiger partial charge in [-0.2, -0.15) is 5.10 Å². The number of nitrogens with one attached hydrogen (secondary N) is 2. The smallest absolute Gasteiger partial charge is 0.272 e. The molecule has 1 unspecified atom stereocenters. The molecule has 1 atom stereocenters. The van der Waals surface area contributed by atoms with E-state index in [0.717, 1.165) is 11.1 Å². The first-order chi connectivity index (χ1) is 17.2. The molecule has 188 valence electrons. The van der Waals surface area contributed by atoms with Crippen LogP contribution in [0.4, 0.5) is 4.39 Å². The Kier molecular flexibility index (Phi) is 7.05. The fourth-order valence-corrected chi connectivity index (χ4v) is 4.03. The van der Waals surface area contributed by atoms with Crippen LogP contribution in [0.5, 0.6) is 5.75 Å². The number of amides is 3. The predicted octanol–water partition coefficient (Wildman–Crippen LogP) is 2.51. The molecule has 10 heteroatoms. The van der Waals surface area contributed by atoms with E-state index in [1.807, 2.05) is 31.2 Å². The van der Waals surface area contributed by atoms with Gasteiger partial charge in [0.25, 0.3) is 11.8 Å². The second kappa shape index (κ2) is 10.2. The van der Waals surface area contributed by atoms with Crippen LogP contribution in [0.2, 0.25) is 0 Å². The average Bonchev–Trinajstić information content (AvgIpc) is 3.30. The first-order valence-corrected chi connectivity index (χ1v) is 11.6. The maximum Gasteiger partial charge on any atom is 0.272 e. The highest BCUT2D eigenvalue weighted by Crippen LogP contribution is 2.26. The summed E-state index contributed by atoms with van der Waals surface area (Å²) >= 11 is 0. The SMILES string of the molecule is CCOc1ccccc1CNC(=O)c1cc2n(n1)CC(C)(C(=O)NCc1ccc(F)cc1)N(C)C2=O. The Balaban J connectivity index is 1.46. The van der Waals surface area contributed by atoms with E-state index >= 15 is 0 Å². The molecule has 0 radical (unpaired) electrons. The largest absolute Gasteiger partial charge is 0.494 e. The van der Waals surface area contributed by atoms with Gasteiger partial charge in [0.2, 0.25) is 5.91 Å². The summed E-state index contributed by atoms with van der Waals surface area (Å²) in [5.74, 6) is -0.930. The molecule has 3 amide bonds. The molecule has 1 aromatic heterocycles. The molecule has 0 saturated heterocycles. The van der Waals surface area contributed by atoms with E-state index in [1.54, 1.807) is 26.1 Å². The molecule has 2 aromatic carbocycles. The molecule has 2 heterocycles. The molecule has 0 spiro atoms. The van der Waals surface area contributed by atoms with Crippen LogP contribution in [-0.2, 0) is 24.4 Å². The molecule has 9 nitrogen and oxygen atoms in total. The zero-order valence-electron chi connectivity index (χ0n) is 20.4. The van der Waals surface area contributed by atoms with Gasteiger partial charge in [-0.05, 0) is 37.6 Å². The summed E-state index contributed by atoms with van der Waals surface area (Å²) in [7, 11) is 1.54. The number of carbonyl (C=O) groups excluding carboxylic acids is 3. The Morgan fingerprint density at radius 2 is 1.83 bits per heavy atom. The minimum absolute atomic E-state index is 0.0697. The van der Waals surface area contributed by atoms with Crippen LogP contribution in [0.3, 0.4) is 0 Å². The Morgan fingerprint density at radius 3 is 2.56 bits per heavy atom. The minimum Gasteiger partial charge on any atom is -0.494 e. The van der Waals surface area contributed by atoms with Crippen molar-refractivity contribution in [3.05, 3.63) is 82.9 Å². The molecule has 1 aliphatic rings. The first-order valence-electron chi connectivity index (χ1n) is 11.6. The van der Waals surface area contributed by atoms with E-state index in [0.29, 0.717) is 12.4 Å². The highest BCUT2D eigenvalue weighted by molar-refractivity contribution is 6.01. The number of halogens is 1. The summed E-state index contributed by atoms with van der Waals surface area (Å²) in [6.45, 7) is 4.51. The van der Waals surface area contributed by atoms with Crippen molar-refractivity contribution in [3.63, 3.8) is 0 Å². The average molecular weight is 494 g/mol. The predicted molar refractivity (Wildman–Crippen MR) is 130 cm³/mol. The third-order valence-electron chi connectivity index (χ3n) is 6.30. The van der Waals surface area contributed by atoms with Gasteiger partial charge in [0.15, 0.2) is 5.69 Å². The number of likely N-dealkylation sites (N-methyl/N-ethyl adjacent to an activating group) is 1. The molecule has 3 aromatic rings. The van der Waals surface area contributed by atoms with Gasteiger partial charge in [0.05, 0.1) is 13.2 Å². The number of benzene rings is 2. The number of para-hydroxylation sites is 1. The lowest BCUT2D eigenvalue weighted by atomic mass is 9.96. The second-order valence-electron chi connectivity index (χ2n) is 8.74. The molecular weight excluding hydrogens is 465 g/mol. The van der Waals surface area contributed by atoms with E-state index in [9.17, 15) is 18.8 Å². The Hall–Kier alpha value is -4.21. The number of hydrogen-bond donors (Lipinski definition) is 2. The van der Waals surface area contributed by atoms with E-state index in [-0.39, 0.29) is 42.7 Å². The number of ether oxygens (including phenoxy) is 1. The van der Waals surface area contributed by atoms with Crippen LogP contribution < -0.4 is 15.4 Å². The lowest BCUT2D eigenvalue weighted by Crippen LogP contribution is -2.62. The van der Waals surface area contributed by atoms with Gasteiger partial charge in [-0.15, -0.1) is 0 Å². The molecule has 0 fully saturated rings. The molecule has 4 rings (SSSR count). The number of nitrogens with zero attached hydrogens (tertiary/aromatic N) is 3. The van der Waals surface area contributed by atoms with Crippen molar-refractivity contribution in [1.29, 1.82) is 0 Å². The molecule has 0 bridgehead atoms. The fourth-order valence-electron chi connectivity index (χ4n) is 4.03. The molecule has 36 heavy (non-hydrogen) atoms. The molecule has 0 aliphatic carbocycles. The second-order valence-corrected chi connectivity index (χ2v) is 8.74. The Morgan fingerprint density at radius 1 is 1.11 bits per heavy atom. The minimum atomic E-state index is -1.24. The fraction of sp³-hybridized carbons (Fsp3) is 0.308. The van der Waals surface area contributed by atoms with E-state index in [1.165, 1.54) is 27.8 Å².